The van der Waals surface area contributed by atoms with Crippen LogP contribution in [0.1, 0.15) is 22.9 Å². The third-order valence-corrected chi connectivity index (χ3v) is 6.07. The average molecular weight is 482 g/mol. The van der Waals surface area contributed by atoms with Crippen molar-refractivity contribution < 1.29 is 18.7 Å². The van der Waals surface area contributed by atoms with Crippen LogP contribution in [0.5, 0.6) is 11.5 Å². The Morgan fingerprint density at radius 1 is 0.944 bits per heavy atom. The van der Waals surface area contributed by atoms with Crippen LogP contribution in [0.25, 0.3) is 23.0 Å². The molecule has 1 aliphatic rings. The van der Waals surface area contributed by atoms with Crippen molar-refractivity contribution in [3.8, 4) is 34.5 Å². The molecule has 9 nitrogen and oxygen atoms in total. The zero-order valence-electron chi connectivity index (χ0n) is 19.6. The van der Waals surface area contributed by atoms with Crippen molar-refractivity contribution in [2.75, 3.05) is 7.11 Å². The Hall–Kier alpha value is -4.50. The second-order valence-corrected chi connectivity index (χ2v) is 8.36. The van der Waals surface area contributed by atoms with E-state index in [9.17, 15) is 0 Å². The summed E-state index contributed by atoms with van der Waals surface area (Å²) in [5.41, 5.74) is 4.31. The van der Waals surface area contributed by atoms with Gasteiger partial charge in [0.1, 0.15) is 24.2 Å². The molecule has 6 rings (SSSR count). The minimum Gasteiger partial charge on any atom is -0.497 e. The van der Waals surface area contributed by atoms with Crippen molar-refractivity contribution in [3.05, 3.63) is 95.7 Å². The summed E-state index contributed by atoms with van der Waals surface area (Å²) in [6, 6.07) is 25.4. The Bertz CT molecular complexity index is 1450. The molecular weight excluding hydrogens is 458 g/mol. The summed E-state index contributed by atoms with van der Waals surface area (Å²) < 4.78 is 24.5. The van der Waals surface area contributed by atoms with Crippen LogP contribution in [0, 0.1) is 0 Å². The Balaban J connectivity index is 1.14. The minimum absolute atomic E-state index is 0.126. The Morgan fingerprint density at radius 3 is 2.50 bits per heavy atom. The fourth-order valence-corrected chi connectivity index (χ4v) is 4.08. The summed E-state index contributed by atoms with van der Waals surface area (Å²) in [5, 5.41) is 12.7. The van der Waals surface area contributed by atoms with Crippen LogP contribution in [-0.2, 0) is 24.5 Å². The molecule has 9 heteroatoms. The summed E-state index contributed by atoms with van der Waals surface area (Å²) in [7, 11) is 1.65. The van der Waals surface area contributed by atoms with Crippen molar-refractivity contribution in [2.45, 2.75) is 25.9 Å². The molecule has 3 heterocycles. The Morgan fingerprint density at radius 2 is 1.72 bits per heavy atom. The van der Waals surface area contributed by atoms with Crippen LogP contribution in [0.2, 0.25) is 0 Å². The third kappa shape index (κ3) is 4.44. The molecule has 0 amide bonds. The van der Waals surface area contributed by atoms with Crippen LogP contribution >= 0.6 is 0 Å². The standard InChI is InChI=1S/C27H23N5O4/c1-33-21-11-7-19(8-12-21)24-15-32-23(17-35-24)25(29-31-32)27-28-26(30-36-27)20-9-13-22(14-10-20)34-16-18-5-3-2-4-6-18/h2-14,24H,15-17H2,1H3/t24-/m1/s1. The molecule has 0 aliphatic carbocycles. The molecule has 36 heavy (non-hydrogen) atoms. The lowest BCUT2D eigenvalue weighted by atomic mass is 10.1. The number of aromatic nitrogens is 5. The molecule has 0 radical (unpaired) electrons. The first-order valence-electron chi connectivity index (χ1n) is 11.6. The van der Waals surface area contributed by atoms with Gasteiger partial charge in [-0.2, -0.15) is 4.98 Å². The number of fused-ring (bicyclic) bond motifs is 1. The van der Waals surface area contributed by atoms with Gasteiger partial charge in [-0.3, -0.25) is 0 Å². The number of nitrogens with zero attached hydrogens (tertiary/aromatic N) is 5. The van der Waals surface area contributed by atoms with E-state index in [0.717, 1.165) is 33.9 Å². The quantitative estimate of drug-likeness (QED) is 0.325. The number of methoxy groups -OCH3 is 1. The van der Waals surface area contributed by atoms with Gasteiger partial charge in [0.05, 0.1) is 26.0 Å². The largest absolute Gasteiger partial charge is 0.497 e. The number of ether oxygens (including phenoxy) is 3. The van der Waals surface area contributed by atoms with Crippen molar-refractivity contribution >= 4 is 0 Å². The highest BCUT2D eigenvalue weighted by Gasteiger charge is 2.28. The lowest BCUT2D eigenvalue weighted by Crippen LogP contribution is -2.22. The molecule has 0 unspecified atom stereocenters. The van der Waals surface area contributed by atoms with E-state index < -0.39 is 0 Å². The molecule has 0 saturated heterocycles. The van der Waals surface area contributed by atoms with E-state index in [0.29, 0.717) is 37.2 Å². The molecule has 0 spiro atoms. The van der Waals surface area contributed by atoms with Crippen LogP contribution in [0.15, 0.2) is 83.4 Å². The van der Waals surface area contributed by atoms with Crippen LogP contribution in [-0.4, -0.2) is 32.2 Å². The monoisotopic (exact) mass is 481 g/mol. The Kier molecular flexibility index (Phi) is 5.88. The normalized spacial score (nSPS) is 14.9. The predicted octanol–water partition coefficient (Wildman–Crippen LogP) is 4.85. The first-order valence-corrected chi connectivity index (χ1v) is 11.6. The zero-order valence-corrected chi connectivity index (χ0v) is 19.6. The third-order valence-electron chi connectivity index (χ3n) is 6.07. The average Bonchev–Trinajstić information content (AvgIpc) is 3.60. The molecular formula is C27H23N5O4. The van der Waals surface area contributed by atoms with E-state index >= 15 is 0 Å². The van der Waals surface area contributed by atoms with Crippen molar-refractivity contribution in [3.63, 3.8) is 0 Å². The topological polar surface area (TPSA) is 97.3 Å². The first-order chi connectivity index (χ1) is 17.8. The fourth-order valence-electron chi connectivity index (χ4n) is 4.08. The molecule has 2 aromatic heterocycles. The van der Waals surface area contributed by atoms with Gasteiger partial charge >= 0.3 is 0 Å². The highest BCUT2D eigenvalue weighted by Crippen LogP contribution is 2.31. The fraction of sp³-hybridized carbons (Fsp3) is 0.185. The molecule has 0 saturated carbocycles. The highest BCUT2D eigenvalue weighted by atomic mass is 16.5. The van der Waals surface area contributed by atoms with Gasteiger partial charge in [0.15, 0.2) is 5.69 Å². The Labute approximate surface area is 207 Å². The molecule has 0 fully saturated rings. The van der Waals surface area contributed by atoms with Gasteiger partial charge in [0.2, 0.25) is 5.82 Å². The summed E-state index contributed by atoms with van der Waals surface area (Å²) in [6.45, 7) is 1.39. The lowest BCUT2D eigenvalue weighted by Gasteiger charge is -2.24. The van der Waals surface area contributed by atoms with Crippen molar-refractivity contribution in [1.82, 2.24) is 25.1 Å². The molecule has 3 aromatic carbocycles. The second kappa shape index (κ2) is 9.63. The molecule has 180 valence electrons. The summed E-state index contributed by atoms with van der Waals surface area (Å²) >= 11 is 0. The van der Waals surface area contributed by atoms with Crippen molar-refractivity contribution in [2.24, 2.45) is 0 Å². The van der Waals surface area contributed by atoms with E-state index in [-0.39, 0.29) is 6.10 Å². The molecule has 1 aliphatic heterocycles. The smallest absolute Gasteiger partial charge is 0.280 e. The van der Waals surface area contributed by atoms with Crippen LogP contribution in [0.3, 0.4) is 0 Å². The van der Waals surface area contributed by atoms with Crippen LogP contribution in [0.4, 0.5) is 0 Å². The number of hydrogen-bond donors (Lipinski definition) is 0. The maximum atomic E-state index is 6.10. The summed E-state index contributed by atoms with van der Waals surface area (Å²) in [6.07, 6.45) is -0.126. The first kappa shape index (κ1) is 22.0. The molecule has 5 aromatic rings. The number of benzene rings is 3. The molecule has 0 N–H and O–H groups in total. The van der Waals surface area contributed by atoms with Gasteiger partial charge in [-0.1, -0.05) is 52.8 Å². The van der Waals surface area contributed by atoms with Gasteiger partial charge in [0.25, 0.3) is 5.89 Å². The molecule has 1 atom stereocenters. The van der Waals surface area contributed by atoms with Crippen LogP contribution < -0.4 is 9.47 Å². The number of rotatable bonds is 7. The zero-order chi connectivity index (χ0) is 24.3. The highest BCUT2D eigenvalue weighted by molar-refractivity contribution is 5.59. The summed E-state index contributed by atoms with van der Waals surface area (Å²) in [4.78, 5) is 4.55. The van der Waals surface area contributed by atoms with Gasteiger partial charge in [-0.05, 0) is 47.5 Å². The van der Waals surface area contributed by atoms with E-state index in [1.54, 1.807) is 7.11 Å². The van der Waals surface area contributed by atoms with Gasteiger partial charge in [0, 0.05) is 5.56 Å². The van der Waals surface area contributed by atoms with Gasteiger partial charge < -0.3 is 18.7 Å². The van der Waals surface area contributed by atoms with E-state index in [1.807, 2.05) is 83.5 Å². The maximum Gasteiger partial charge on any atom is 0.280 e. The van der Waals surface area contributed by atoms with Gasteiger partial charge in [-0.25, -0.2) is 4.68 Å². The van der Waals surface area contributed by atoms with E-state index in [1.165, 1.54) is 0 Å². The predicted molar refractivity (Wildman–Crippen MR) is 130 cm³/mol. The number of hydrogen-bond acceptors (Lipinski definition) is 8. The molecule has 0 bridgehead atoms. The summed E-state index contributed by atoms with van der Waals surface area (Å²) in [5.74, 6) is 2.35. The van der Waals surface area contributed by atoms with E-state index in [2.05, 4.69) is 20.5 Å². The van der Waals surface area contributed by atoms with E-state index in [4.69, 9.17) is 18.7 Å². The minimum atomic E-state index is -0.126. The lowest BCUT2D eigenvalue weighted by molar-refractivity contribution is -0.00119. The van der Waals surface area contributed by atoms with Gasteiger partial charge in [-0.15, -0.1) is 5.10 Å². The SMILES string of the molecule is COc1ccc([C@H]2Cn3nnc(-c4nc(-c5ccc(OCc6ccccc6)cc5)no4)c3CO2)cc1. The van der Waals surface area contributed by atoms with Crippen molar-refractivity contribution in [1.29, 1.82) is 0 Å². The second-order valence-electron chi connectivity index (χ2n) is 8.36. The maximum absolute atomic E-state index is 6.10.